The average Bonchev–Trinajstić information content (AvgIpc) is 2.67. The van der Waals surface area contributed by atoms with Gasteiger partial charge in [-0.1, -0.05) is 32.8 Å². The third-order valence-corrected chi connectivity index (χ3v) is 8.94. The van der Waals surface area contributed by atoms with Crippen LogP contribution in [0.1, 0.15) is 63.5 Å². The molecule has 1 saturated heterocycles. The lowest BCUT2D eigenvalue weighted by atomic mass is 9.47. The maximum absolute atomic E-state index is 13.1. The molecule has 0 amide bonds. The van der Waals surface area contributed by atoms with E-state index in [2.05, 4.69) is 36.9 Å². The summed E-state index contributed by atoms with van der Waals surface area (Å²) in [5.74, 6) is 3.67. The zero-order chi connectivity index (χ0) is 19.5. The third-order valence-electron chi connectivity index (χ3n) is 8.94. The summed E-state index contributed by atoms with van der Waals surface area (Å²) in [5.41, 5.74) is 2.94. The van der Waals surface area contributed by atoms with Gasteiger partial charge in [-0.15, -0.1) is 0 Å². The number of benzene rings is 1. The number of carbonyl (C=O) groups excluding carboxylic acids is 1. The first-order chi connectivity index (χ1) is 13.6. The average molecular weight is 382 g/mol. The summed E-state index contributed by atoms with van der Waals surface area (Å²) in [6.07, 6.45) is 8.39. The van der Waals surface area contributed by atoms with Gasteiger partial charge in [0.25, 0.3) is 0 Å². The molecule has 28 heavy (non-hydrogen) atoms. The minimum absolute atomic E-state index is 0.0349. The van der Waals surface area contributed by atoms with Crippen LogP contribution in [0.2, 0.25) is 0 Å². The van der Waals surface area contributed by atoms with Crippen LogP contribution in [0.15, 0.2) is 18.2 Å². The maximum Gasteiger partial charge on any atom is 0.136 e. The smallest absolute Gasteiger partial charge is 0.136 e. The number of fused-ring (bicyclic) bond motifs is 1. The molecule has 152 valence electrons. The number of carbonyl (C=O) groups is 1. The number of ether oxygens (including phenoxy) is 1. The number of Topliss-reactive ketones (excluding diaryl/α,β-unsaturated/α-hetero) is 1. The minimum atomic E-state index is 0.0349. The predicted molar refractivity (Wildman–Crippen MR) is 112 cm³/mol. The van der Waals surface area contributed by atoms with Crippen LogP contribution in [0.4, 0.5) is 0 Å². The van der Waals surface area contributed by atoms with Gasteiger partial charge in [-0.05, 0) is 73.2 Å². The van der Waals surface area contributed by atoms with Crippen molar-refractivity contribution in [3.8, 4) is 5.75 Å². The van der Waals surface area contributed by atoms with Gasteiger partial charge in [-0.2, -0.15) is 0 Å². The number of methoxy groups -OCH3 is 1. The molecule has 0 radical (unpaired) electrons. The van der Waals surface area contributed by atoms with Crippen LogP contribution in [0.25, 0.3) is 0 Å². The molecule has 5 atom stereocenters. The van der Waals surface area contributed by atoms with Crippen LogP contribution in [-0.4, -0.2) is 36.9 Å². The molecular formula is C25H35NO2. The van der Waals surface area contributed by atoms with Crippen LogP contribution in [0.5, 0.6) is 5.75 Å². The molecule has 5 rings (SSSR count). The molecule has 0 aromatic heterocycles. The highest BCUT2D eigenvalue weighted by atomic mass is 16.5. The molecule has 1 aromatic carbocycles. The number of nitrogens with zero attached hydrogens (tertiary/aromatic N) is 1. The summed E-state index contributed by atoms with van der Waals surface area (Å²) in [6, 6.07) is 7.29. The molecule has 2 bridgehead atoms. The molecule has 1 aromatic rings. The Morgan fingerprint density at radius 2 is 2.11 bits per heavy atom. The Balaban J connectivity index is 1.61. The van der Waals surface area contributed by atoms with Crippen molar-refractivity contribution in [1.82, 2.24) is 4.90 Å². The number of likely N-dealkylation sites (tertiary alicyclic amines) is 1. The van der Waals surface area contributed by atoms with Gasteiger partial charge in [-0.3, -0.25) is 9.69 Å². The number of rotatable bonds is 4. The summed E-state index contributed by atoms with van der Waals surface area (Å²) in [7, 11) is 1.76. The second-order valence-electron chi connectivity index (χ2n) is 10.0. The van der Waals surface area contributed by atoms with Crippen molar-refractivity contribution in [3.63, 3.8) is 0 Å². The summed E-state index contributed by atoms with van der Waals surface area (Å²) in [6.45, 7) is 6.95. The summed E-state index contributed by atoms with van der Waals surface area (Å²) in [5, 5.41) is 0. The van der Waals surface area contributed by atoms with E-state index in [-0.39, 0.29) is 11.3 Å². The van der Waals surface area contributed by atoms with Gasteiger partial charge in [0.2, 0.25) is 0 Å². The van der Waals surface area contributed by atoms with Crippen molar-refractivity contribution in [2.75, 3.05) is 20.2 Å². The molecule has 1 aliphatic heterocycles. The Kier molecular flexibility index (Phi) is 4.58. The van der Waals surface area contributed by atoms with Crippen LogP contribution < -0.4 is 4.74 Å². The minimum Gasteiger partial charge on any atom is -0.497 e. The molecule has 3 heteroatoms. The Morgan fingerprint density at radius 1 is 1.29 bits per heavy atom. The van der Waals surface area contributed by atoms with Crippen LogP contribution >= 0.6 is 0 Å². The SMILES string of the molecule is CC[C@H]1[C@H](C)C(=O)CC23CCN(CC4CCC4)C(Cc4ccc(OC)cc42)[C@H]13. The van der Waals surface area contributed by atoms with E-state index in [1.807, 2.05) is 0 Å². The fourth-order valence-corrected chi connectivity index (χ4v) is 7.25. The molecule has 2 saturated carbocycles. The summed E-state index contributed by atoms with van der Waals surface area (Å²) in [4.78, 5) is 16.0. The van der Waals surface area contributed by atoms with E-state index in [9.17, 15) is 4.79 Å². The van der Waals surface area contributed by atoms with E-state index in [0.717, 1.165) is 43.9 Å². The van der Waals surface area contributed by atoms with Gasteiger partial charge >= 0.3 is 0 Å². The van der Waals surface area contributed by atoms with Gasteiger partial charge in [0.1, 0.15) is 11.5 Å². The van der Waals surface area contributed by atoms with Crippen molar-refractivity contribution in [2.45, 2.75) is 70.3 Å². The summed E-state index contributed by atoms with van der Waals surface area (Å²) < 4.78 is 5.60. The fraction of sp³-hybridized carbons (Fsp3) is 0.720. The normalized spacial score (nSPS) is 37.8. The van der Waals surface area contributed by atoms with E-state index in [4.69, 9.17) is 4.74 Å². The molecule has 3 nitrogen and oxygen atoms in total. The number of hydrogen-bond donors (Lipinski definition) is 0. The van der Waals surface area contributed by atoms with Crippen LogP contribution in [0.3, 0.4) is 0 Å². The monoisotopic (exact) mass is 381 g/mol. The van der Waals surface area contributed by atoms with E-state index in [1.54, 1.807) is 7.11 Å². The molecule has 3 fully saturated rings. The second-order valence-corrected chi connectivity index (χ2v) is 10.0. The Bertz CT molecular complexity index is 770. The first-order valence-electron chi connectivity index (χ1n) is 11.5. The van der Waals surface area contributed by atoms with Gasteiger partial charge in [0.05, 0.1) is 7.11 Å². The first-order valence-corrected chi connectivity index (χ1v) is 11.5. The summed E-state index contributed by atoms with van der Waals surface area (Å²) >= 11 is 0. The van der Waals surface area contributed by atoms with Crippen molar-refractivity contribution >= 4 is 5.78 Å². The highest BCUT2D eigenvalue weighted by molar-refractivity contribution is 5.84. The molecule has 0 spiro atoms. The van der Waals surface area contributed by atoms with Crippen molar-refractivity contribution < 1.29 is 9.53 Å². The largest absolute Gasteiger partial charge is 0.497 e. The van der Waals surface area contributed by atoms with Crippen LogP contribution in [-0.2, 0) is 16.6 Å². The van der Waals surface area contributed by atoms with Gasteiger partial charge in [-0.25, -0.2) is 0 Å². The van der Waals surface area contributed by atoms with Gasteiger partial charge < -0.3 is 4.74 Å². The van der Waals surface area contributed by atoms with Gasteiger partial charge in [0.15, 0.2) is 0 Å². The number of hydrogen-bond acceptors (Lipinski definition) is 3. The fourth-order valence-electron chi connectivity index (χ4n) is 7.25. The zero-order valence-corrected chi connectivity index (χ0v) is 17.7. The number of ketones is 1. The highest BCUT2D eigenvalue weighted by Crippen LogP contribution is 2.59. The Labute approximate surface area is 169 Å². The zero-order valence-electron chi connectivity index (χ0n) is 17.7. The third kappa shape index (κ3) is 2.61. The molecule has 4 aliphatic rings. The molecule has 3 aliphatic carbocycles. The van der Waals surface area contributed by atoms with Crippen molar-refractivity contribution in [3.05, 3.63) is 29.3 Å². The second kappa shape index (κ2) is 6.86. The number of piperidine rings is 1. The standard InChI is InChI=1S/C25H35NO2/c1-4-20-16(2)23(27)14-25-10-11-26(15-17-6-5-7-17)22(24(20)25)12-18-8-9-19(28-3)13-21(18)25/h8-9,13,16-17,20,22,24H,4-7,10-12,14-15H2,1-3H3/t16-,20-,22?,24-,25?/m0/s1. The van der Waals surface area contributed by atoms with E-state index < -0.39 is 0 Å². The van der Waals surface area contributed by atoms with E-state index in [0.29, 0.717) is 23.7 Å². The quantitative estimate of drug-likeness (QED) is 0.762. The molecule has 1 heterocycles. The van der Waals surface area contributed by atoms with Crippen molar-refractivity contribution in [1.29, 1.82) is 0 Å². The predicted octanol–water partition coefficient (Wildman–Crippen LogP) is 4.61. The van der Waals surface area contributed by atoms with Crippen molar-refractivity contribution in [2.24, 2.45) is 23.7 Å². The molecule has 0 N–H and O–H groups in total. The lowest BCUT2D eigenvalue weighted by Crippen LogP contribution is -2.66. The maximum atomic E-state index is 13.1. The van der Waals surface area contributed by atoms with Gasteiger partial charge in [0, 0.05) is 30.3 Å². The molecule has 2 unspecified atom stereocenters. The van der Waals surface area contributed by atoms with Crippen LogP contribution in [0, 0.1) is 23.7 Å². The Hall–Kier alpha value is -1.35. The van der Waals surface area contributed by atoms with E-state index >= 15 is 0 Å². The highest BCUT2D eigenvalue weighted by Gasteiger charge is 2.60. The van der Waals surface area contributed by atoms with E-state index in [1.165, 1.54) is 36.9 Å². The molecular weight excluding hydrogens is 346 g/mol. The lowest BCUT2D eigenvalue weighted by molar-refractivity contribution is -0.140. The Morgan fingerprint density at radius 3 is 2.79 bits per heavy atom. The topological polar surface area (TPSA) is 29.5 Å². The lowest BCUT2D eigenvalue weighted by Gasteiger charge is -2.62. The first kappa shape index (κ1) is 18.7.